The van der Waals surface area contributed by atoms with Crippen molar-refractivity contribution >= 4 is 38.7 Å². The first kappa shape index (κ1) is 14.5. The van der Waals surface area contributed by atoms with Gasteiger partial charge in [0.1, 0.15) is 22.4 Å². The van der Waals surface area contributed by atoms with Gasteiger partial charge in [-0.2, -0.15) is 0 Å². The number of halogens is 1. The minimum absolute atomic E-state index is 0.0551. The summed E-state index contributed by atoms with van der Waals surface area (Å²) in [5.41, 5.74) is 13.4. The molecule has 0 fully saturated rings. The van der Waals surface area contributed by atoms with Gasteiger partial charge in [0, 0.05) is 0 Å². The molecule has 0 spiro atoms. The first-order chi connectivity index (χ1) is 10.5. The van der Waals surface area contributed by atoms with Gasteiger partial charge < -0.3 is 16.0 Å². The molecule has 1 aromatic carbocycles. The van der Waals surface area contributed by atoms with Crippen molar-refractivity contribution in [2.24, 2.45) is 5.73 Å². The third-order valence-electron chi connectivity index (χ3n) is 3.67. The average molecular weight is 360 g/mol. The fourth-order valence-corrected chi connectivity index (χ4v) is 3.46. The van der Waals surface area contributed by atoms with Crippen molar-refractivity contribution in [3.05, 3.63) is 52.4 Å². The van der Waals surface area contributed by atoms with Crippen molar-refractivity contribution in [3.63, 3.8) is 0 Å². The van der Waals surface area contributed by atoms with Crippen LogP contribution >= 0.6 is 15.9 Å². The van der Waals surface area contributed by atoms with Gasteiger partial charge in [-0.1, -0.05) is 30.3 Å². The number of aromatic nitrogens is 3. The van der Waals surface area contributed by atoms with Crippen molar-refractivity contribution in [2.45, 2.75) is 13.0 Å². The first-order valence-electron chi connectivity index (χ1n) is 6.67. The van der Waals surface area contributed by atoms with E-state index >= 15 is 0 Å². The van der Waals surface area contributed by atoms with Crippen LogP contribution in [0.15, 0.2) is 41.3 Å². The molecule has 0 aliphatic carbocycles. The highest BCUT2D eigenvalue weighted by Gasteiger charge is 2.25. The van der Waals surface area contributed by atoms with Crippen LogP contribution in [0, 0.1) is 0 Å². The van der Waals surface area contributed by atoms with Crippen molar-refractivity contribution < 1.29 is 4.79 Å². The first-order valence-corrected chi connectivity index (χ1v) is 7.46. The molecule has 2 heterocycles. The maximum absolute atomic E-state index is 11.8. The number of carbonyl (C=O) groups is 1. The number of benzene rings is 1. The Morgan fingerprint density at radius 3 is 2.59 bits per heavy atom. The van der Waals surface area contributed by atoms with E-state index < -0.39 is 5.91 Å². The zero-order valence-corrected chi connectivity index (χ0v) is 13.4. The summed E-state index contributed by atoms with van der Waals surface area (Å²) in [7, 11) is 0. The molecule has 1 unspecified atom stereocenters. The molecular weight excluding hydrogens is 346 g/mol. The Balaban J connectivity index is 2.33. The molecule has 7 heteroatoms. The number of anilines is 1. The summed E-state index contributed by atoms with van der Waals surface area (Å²) in [6.45, 7) is 2.02. The number of primary amides is 1. The minimum Gasteiger partial charge on any atom is -0.383 e. The SMILES string of the molecule is CC(c1ccccc1)n1c(Br)c(C(N)=O)c2c(N)ncnc21. The highest BCUT2D eigenvalue weighted by atomic mass is 79.9. The molecular formula is C15H14BrN5O. The van der Waals surface area contributed by atoms with E-state index in [1.165, 1.54) is 6.33 Å². The number of hydrogen-bond acceptors (Lipinski definition) is 4. The number of nitrogen functional groups attached to an aromatic ring is 1. The molecule has 2 aromatic heterocycles. The van der Waals surface area contributed by atoms with Crippen LogP contribution in [-0.4, -0.2) is 20.4 Å². The van der Waals surface area contributed by atoms with Gasteiger partial charge in [0.25, 0.3) is 5.91 Å². The molecule has 3 rings (SSSR count). The van der Waals surface area contributed by atoms with Crippen LogP contribution in [0.4, 0.5) is 5.82 Å². The maximum atomic E-state index is 11.8. The normalized spacial score (nSPS) is 12.5. The lowest BCUT2D eigenvalue weighted by atomic mass is 10.1. The third kappa shape index (κ3) is 2.14. The average Bonchev–Trinajstić information content (AvgIpc) is 2.81. The van der Waals surface area contributed by atoms with Crippen LogP contribution in [0.1, 0.15) is 28.9 Å². The molecule has 0 saturated carbocycles. The second-order valence-corrected chi connectivity index (χ2v) is 5.70. The summed E-state index contributed by atoms with van der Waals surface area (Å²) >= 11 is 3.47. The Morgan fingerprint density at radius 1 is 1.27 bits per heavy atom. The highest BCUT2D eigenvalue weighted by Crippen LogP contribution is 2.35. The number of carbonyl (C=O) groups excluding carboxylic acids is 1. The fourth-order valence-electron chi connectivity index (χ4n) is 2.59. The van der Waals surface area contributed by atoms with E-state index in [0.717, 1.165) is 5.56 Å². The summed E-state index contributed by atoms with van der Waals surface area (Å²) in [6, 6.07) is 9.84. The van der Waals surface area contributed by atoms with Crippen molar-refractivity contribution in [3.8, 4) is 0 Å². The number of rotatable bonds is 3. The molecule has 22 heavy (non-hydrogen) atoms. The summed E-state index contributed by atoms with van der Waals surface area (Å²) < 4.78 is 2.45. The lowest BCUT2D eigenvalue weighted by molar-refractivity contribution is 0.100. The van der Waals surface area contributed by atoms with Crippen LogP contribution in [0.5, 0.6) is 0 Å². The quantitative estimate of drug-likeness (QED) is 0.749. The van der Waals surface area contributed by atoms with Crippen LogP contribution in [0.2, 0.25) is 0 Å². The Morgan fingerprint density at radius 2 is 1.95 bits per heavy atom. The number of hydrogen-bond donors (Lipinski definition) is 2. The van der Waals surface area contributed by atoms with Gasteiger partial charge in [0.15, 0.2) is 0 Å². The molecule has 0 saturated heterocycles. The van der Waals surface area contributed by atoms with Gasteiger partial charge in [0.05, 0.1) is 17.0 Å². The van der Waals surface area contributed by atoms with Gasteiger partial charge in [0.2, 0.25) is 0 Å². The monoisotopic (exact) mass is 359 g/mol. The molecule has 0 aliphatic rings. The predicted molar refractivity (Wildman–Crippen MR) is 88.4 cm³/mol. The molecule has 0 radical (unpaired) electrons. The second kappa shape index (κ2) is 5.42. The molecule has 0 bridgehead atoms. The minimum atomic E-state index is -0.572. The van der Waals surface area contributed by atoms with Gasteiger partial charge in [-0.15, -0.1) is 0 Å². The Hall–Kier alpha value is -2.41. The number of nitrogens with two attached hydrogens (primary N) is 2. The third-order valence-corrected chi connectivity index (χ3v) is 4.45. The standard InChI is InChI=1S/C15H14BrN5O/c1-8(9-5-3-2-4-6-9)21-12(16)10(14(18)22)11-13(17)19-7-20-15(11)21/h2-8H,1H3,(H2,18,22)(H2,17,19,20). The summed E-state index contributed by atoms with van der Waals surface area (Å²) in [5, 5.41) is 0.477. The molecule has 1 atom stereocenters. The van der Waals surface area contributed by atoms with Crippen LogP contribution in [-0.2, 0) is 0 Å². The summed E-state index contributed by atoms with van der Waals surface area (Å²) in [6.07, 6.45) is 1.38. The zero-order valence-electron chi connectivity index (χ0n) is 11.8. The molecule has 112 valence electrons. The Bertz CT molecular complexity index is 859. The van der Waals surface area contributed by atoms with Gasteiger partial charge in [-0.3, -0.25) is 4.79 Å². The molecule has 6 nitrogen and oxygen atoms in total. The van der Waals surface area contributed by atoms with Gasteiger partial charge >= 0.3 is 0 Å². The molecule has 0 aliphatic heterocycles. The van der Waals surface area contributed by atoms with Crippen LogP contribution in [0.3, 0.4) is 0 Å². The van der Waals surface area contributed by atoms with Crippen LogP contribution < -0.4 is 11.5 Å². The van der Waals surface area contributed by atoms with E-state index in [1.54, 1.807) is 0 Å². The Kier molecular flexibility index (Phi) is 3.58. The number of amides is 1. The van der Waals surface area contributed by atoms with Gasteiger partial charge in [-0.05, 0) is 28.4 Å². The van der Waals surface area contributed by atoms with Crippen molar-refractivity contribution in [1.82, 2.24) is 14.5 Å². The van der Waals surface area contributed by atoms with E-state index in [0.29, 0.717) is 21.2 Å². The van der Waals surface area contributed by atoms with E-state index in [-0.39, 0.29) is 11.9 Å². The second-order valence-electron chi connectivity index (χ2n) is 4.94. The number of nitrogens with zero attached hydrogens (tertiary/aromatic N) is 3. The largest absolute Gasteiger partial charge is 0.383 e. The maximum Gasteiger partial charge on any atom is 0.252 e. The van der Waals surface area contributed by atoms with E-state index in [4.69, 9.17) is 11.5 Å². The van der Waals surface area contributed by atoms with E-state index in [9.17, 15) is 4.79 Å². The van der Waals surface area contributed by atoms with Gasteiger partial charge in [-0.25, -0.2) is 9.97 Å². The lowest BCUT2D eigenvalue weighted by Gasteiger charge is -2.16. The summed E-state index contributed by atoms with van der Waals surface area (Å²) in [4.78, 5) is 20.1. The van der Waals surface area contributed by atoms with E-state index in [1.807, 2.05) is 41.8 Å². The molecule has 4 N–H and O–H groups in total. The topological polar surface area (TPSA) is 99.8 Å². The predicted octanol–water partition coefficient (Wildman–Crippen LogP) is 2.48. The lowest BCUT2D eigenvalue weighted by Crippen LogP contribution is -2.13. The molecule has 1 amide bonds. The van der Waals surface area contributed by atoms with E-state index in [2.05, 4.69) is 25.9 Å². The Labute approximate surface area is 135 Å². The fraction of sp³-hybridized carbons (Fsp3) is 0.133. The highest BCUT2D eigenvalue weighted by molar-refractivity contribution is 9.10. The van der Waals surface area contributed by atoms with Crippen molar-refractivity contribution in [1.29, 1.82) is 0 Å². The van der Waals surface area contributed by atoms with Crippen molar-refractivity contribution in [2.75, 3.05) is 5.73 Å². The summed E-state index contributed by atoms with van der Waals surface area (Å²) in [5.74, 6) is -0.337. The zero-order chi connectivity index (χ0) is 15.9. The van der Waals surface area contributed by atoms with Crippen LogP contribution in [0.25, 0.3) is 11.0 Å². The number of fused-ring (bicyclic) bond motifs is 1. The smallest absolute Gasteiger partial charge is 0.252 e. The molecule has 3 aromatic rings.